The van der Waals surface area contributed by atoms with Crippen LogP contribution >= 0.6 is 0 Å². The third kappa shape index (κ3) is 1.94. The van der Waals surface area contributed by atoms with Crippen LogP contribution in [0.5, 0.6) is 0 Å². The topological polar surface area (TPSA) is 64.5 Å². The highest BCUT2D eigenvalue weighted by molar-refractivity contribution is 5.93. The van der Waals surface area contributed by atoms with Crippen LogP contribution in [0.2, 0.25) is 0 Å². The predicted molar refractivity (Wildman–Crippen MR) is 57.1 cm³/mol. The first-order valence-electron chi connectivity index (χ1n) is 5.04. The van der Waals surface area contributed by atoms with Gasteiger partial charge in [0.15, 0.2) is 5.58 Å². The molecule has 0 aliphatic heterocycles. The number of fused-ring (bicyclic) bond motifs is 1. The highest BCUT2D eigenvalue weighted by Gasteiger charge is 2.16. The zero-order valence-corrected chi connectivity index (χ0v) is 9.15. The van der Waals surface area contributed by atoms with E-state index in [1.807, 2.05) is 6.92 Å². The molecule has 0 spiro atoms. The van der Waals surface area contributed by atoms with E-state index in [0.717, 1.165) is 5.52 Å². The van der Waals surface area contributed by atoms with E-state index in [4.69, 9.17) is 13.9 Å². The average Bonchev–Trinajstić information content (AvgIpc) is 2.85. The van der Waals surface area contributed by atoms with Crippen LogP contribution in [-0.2, 0) is 9.47 Å². The first-order valence-corrected chi connectivity index (χ1v) is 5.04. The van der Waals surface area contributed by atoms with Crippen molar-refractivity contribution in [3.05, 3.63) is 24.1 Å². The third-order valence-electron chi connectivity index (χ3n) is 2.29. The number of aromatic nitrogens is 1. The van der Waals surface area contributed by atoms with E-state index in [1.54, 1.807) is 18.4 Å². The standard InChI is InChI=1S/C11H13NO4/c1-3-10(14-2)16-11(13)8-6-9-7(12-8)4-5-15-9/h4-6,10,12H,3H2,1-2H3. The quantitative estimate of drug-likeness (QED) is 0.638. The summed E-state index contributed by atoms with van der Waals surface area (Å²) >= 11 is 0. The van der Waals surface area contributed by atoms with Gasteiger partial charge in [-0.1, -0.05) is 6.92 Å². The second-order valence-electron chi connectivity index (χ2n) is 3.36. The number of aromatic amines is 1. The number of nitrogens with one attached hydrogen (secondary N) is 1. The van der Waals surface area contributed by atoms with Crippen LogP contribution in [0.1, 0.15) is 23.8 Å². The Bertz CT molecular complexity index is 452. The Morgan fingerprint density at radius 1 is 1.62 bits per heavy atom. The van der Waals surface area contributed by atoms with Crippen molar-refractivity contribution in [3.63, 3.8) is 0 Å². The Morgan fingerprint density at radius 2 is 2.44 bits per heavy atom. The van der Waals surface area contributed by atoms with Crippen LogP contribution in [0.3, 0.4) is 0 Å². The lowest BCUT2D eigenvalue weighted by Gasteiger charge is -2.12. The van der Waals surface area contributed by atoms with Crippen molar-refractivity contribution >= 4 is 17.1 Å². The summed E-state index contributed by atoms with van der Waals surface area (Å²) in [6, 6.07) is 3.36. The maximum absolute atomic E-state index is 11.7. The molecule has 1 atom stereocenters. The van der Waals surface area contributed by atoms with Crippen LogP contribution in [0.15, 0.2) is 22.8 Å². The summed E-state index contributed by atoms with van der Waals surface area (Å²) in [5, 5.41) is 0. The Kier molecular flexibility index (Phi) is 2.96. The summed E-state index contributed by atoms with van der Waals surface area (Å²) < 4.78 is 15.2. The van der Waals surface area contributed by atoms with Crippen LogP contribution in [0, 0.1) is 0 Å². The van der Waals surface area contributed by atoms with Crippen molar-refractivity contribution in [3.8, 4) is 0 Å². The van der Waals surface area contributed by atoms with Gasteiger partial charge in [-0.15, -0.1) is 0 Å². The molecular weight excluding hydrogens is 210 g/mol. The highest BCUT2D eigenvalue weighted by atomic mass is 16.7. The maximum Gasteiger partial charge on any atom is 0.357 e. The number of methoxy groups -OCH3 is 1. The summed E-state index contributed by atoms with van der Waals surface area (Å²) in [7, 11) is 1.50. The molecule has 0 radical (unpaired) electrons. The summed E-state index contributed by atoms with van der Waals surface area (Å²) in [6.45, 7) is 1.88. The minimum atomic E-state index is -0.512. The molecule has 0 saturated carbocycles. The molecule has 0 bridgehead atoms. The molecule has 5 nitrogen and oxygen atoms in total. The second-order valence-corrected chi connectivity index (χ2v) is 3.36. The van der Waals surface area contributed by atoms with Crippen molar-refractivity contribution in [2.75, 3.05) is 7.11 Å². The Balaban J connectivity index is 2.12. The molecule has 2 rings (SSSR count). The lowest BCUT2D eigenvalue weighted by Crippen LogP contribution is -2.19. The summed E-state index contributed by atoms with van der Waals surface area (Å²) in [4.78, 5) is 14.6. The maximum atomic E-state index is 11.7. The monoisotopic (exact) mass is 223 g/mol. The number of H-pyrrole nitrogens is 1. The first-order chi connectivity index (χ1) is 7.74. The zero-order chi connectivity index (χ0) is 11.5. The Labute approximate surface area is 92.3 Å². The number of carbonyl (C=O) groups excluding carboxylic acids is 1. The highest BCUT2D eigenvalue weighted by Crippen LogP contribution is 2.17. The fourth-order valence-electron chi connectivity index (χ4n) is 1.44. The third-order valence-corrected chi connectivity index (χ3v) is 2.29. The van der Waals surface area contributed by atoms with E-state index >= 15 is 0 Å². The van der Waals surface area contributed by atoms with Gasteiger partial charge < -0.3 is 18.9 Å². The van der Waals surface area contributed by atoms with Gasteiger partial charge in [-0.25, -0.2) is 4.79 Å². The minimum Gasteiger partial charge on any atom is -0.463 e. The molecule has 2 aromatic rings. The molecule has 0 saturated heterocycles. The molecular formula is C11H13NO4. The van der Waals surface area contributed by atoms with Gasteiger partial charge in [0.05, 0.1) is 11.8 Å². The molecule has 0 aliphatic carbocycles. The molecule has 2 aromatic heterocycles. The summed E-state index contributed by atoms with van der Waals surface area (Å²) in [6.07, 6.45) is 1.65. The van der Waals surface area contributed by atoms with Crippen LogP contribution < -0.4 is 0 Å². The van der Waals surface area contributed by atoms with Gasteiger partial charge in [0, 0.05) is 25.7 Å². The van der Waals surface area contributed by atoms with E-state index in [0.29, 0.717) is 17.7 Å². The van der Waals surface area contributed by atoms with Crippen molar-refractivity contribution in [1.82, 2.24) is 4.98 Å². The van der Waals surface area contributed by atoms with Crippen molar-refractivity contribution < 1.29 is 18.7 Å². The van der Waals surface area contributed by atoms with Gasteiger partial charge >= 0.3 is 5.97 Å². The first kappa shape index (κ1) is 10.8. The molecule has 1 unspecified atom stereocenters. The lowest BCUT2D eigenvalue weighted by atomic mass is 10.4. The van der Waals surface area contributed by atoms with E-state index < -0.39 is 12.3 Å². The summed E-state index contributed by atoms with van der Waals surface area (Å²) in [5.41, 5.74) is 1.78. The van der Waals surface area contributed by atoms with Gasteiger partial charge in [0.2, 0.25) is 6.29 Å². The normalized spacial score (nSPS) is 12.9. The zero-order valence-electron chi connectivity index (χ0n) is 9.15. The SMILES string of the molecule is CCC(OC)OC(=O)c1cc2occc2[nH]1. The summed E-state index contributed by atoms with van der Waals surface area (Å²) in [5.74, 6) is -0.444. The molecule has 16 heavy (non-hydrogen) atoms. The smallest absolute Gasteiger partial charge is 0.357 e. The molecule has 0 fully saturated rings. The molecule has 0 aliphatic rings. The number of hydrogen-bond acceptors (Lipinski definition) is 4. The van der Waals surface area contributed by atoms with Gasteiger partial charge in [-0.3, -0.25) is 0 Å². The largest absolute Gasteiger partial charge is 0.463 e. The number of esters is 1. The Morgan fingerprint density at radius 3 is 3.06 bits per heavy atom. The average molecular weight is 223 g/mol. The van der Waals surface area contributed by atoms with E-state index in [-0.39, 0.29) is 0 Å². The number of hydrogen-bond donors (Lipinski definition) is 1. The molecule has 0 aromatic carbocycles. The Hall–Kier alpha value is -1.75. The van der Waals surface area contributed by atoms with Gasteiger partial charge in [-0.2, -0.15) is 0 Å². The van der Waals surface area contributed by atoms with E-state index in [9.17, 15) is 4.79 Å². The lowest BCUT2D eigenvalue weighted by molar-refractivity contribution is -0.0908. The van der Waals surface area contributed by atoms with Crippen molar-refractivity contribution in [2.24, 2.45) is 0 Å². The number of carbonyl (C=O) groups is 1. The van der Waals surface area contributed by atoms with E-state index in [2.05, 4.69) is 4.98 Å². The van der Waals surface area contributed by atoms with Crippen LogP contribution in [-0.4, -0.2) is 24.4 Å². The predicted octanol–water partition coefficient (Wildman–Crippen LogP) is 2.30. The molecule has 86 valence electrons. The van der Waals surface area contributed by atoms with Gasteiger partial charge in [0.25, 0.3) is 0 Å². The molecule has 5 heteroatoms. The number of furan rings is 1. The fraction of sp³-hybridized carbons (Fsp3) is 0.364. The van der Waals surface area contributed by atoms with Crippen molar-refractivity contribution in [1.29, 1.82) is 0 Å². The molecule has 2 heterocycles. The van der Waals surface area contributed by atoms with E-state index in [1.165, 1.54) is 7.11 Å². The minimum absolute atomic E-state index is 0.366. The van der Waals surface area contributed by atoms with Crippen molar-refractivity contribution in [2.45, 2.75) is 19.6 Å². The van der Waals surface area contributed by atoms with Crippen LogP contribution in [0.25, 0.3) is 11.1 Å². The van der Waals surface area contributed by atoms with Gasteiger partial charge in [-0.05, 0) is 0 Å². The van der Waals surface area contributed by atoms with Crippen LogP contribution in [0.4, 0.5) is 0 Å². The second kappa shape index (κ2) is 4.40. The van der Waals surface area contributed by atoms with Gasteiger partial charge in [0.1, 0.15) is 5.69 Å². The molecule has 1 N–H and O–H groups in total. The fourth-order valence-corrected chi connectivity index (χ4v) is 1.44. The number of ether oxygens (including phenoxy) is 2. The number of rotatable bonds is 4. The molecule has 0 amide bonds.